The zero-order chi connectivity index (χ0) is 17.3. The summed E-state index contributed by atoms with van der Waals surface area (Å²) in [4.78, 5) is 11.6. The first kappa shape index (κ1) is 17.2. The molecule has 2 N–H and O–H groups in total. The van der Waals surface area contributed by atoms with Crippen LogP contribution in [0.1, 0.15) is 28.7 Å². The van der Waals surface area contributed by atoms with Gasteiger partial charge in [0.15, 0.2) is 0 Å². The van der Waals surface area contributed by atoms with E-state index in [-0.39, 0.29) is 6.09 Å². The smallest absolute Gasteiger partial charge is 0.407 e. The van der Waals surface area contributed by atoms with E-state index in [1.165, 1.54) is 16.7 Å². The summed E-state index contributed by atoms with van der Waals surface area (Å²) in [7, 11) is 0. The predicted octanol–water partition coefficient (Wildman–Crippen LogP) is 3.66. The highest BCUT2D eigenvalue weighted by Gasteiger charge is 2.07. The third kappa shape index (κ3) is 5.47. The standard InChI is InChI=1S/C21H24N2O2/c24-21(25-16-18-7-2-1-3-8-18)23-12-5-4-6-17-9-10-20-15-22-13-11-19(20)14-17/h1-4,6-10,14,22H,5,11-13,15-16H2,(H,23,24). The molecule has 1 amide bonds. The first-order valence-corrected chi connectivity index (χ1v) is 8.75. The lowest BCUT2D eigenvalue weighted by atomic mass is 9.98. The largest absolute Gasteiger partial charge is 0.445 e. The zero-order valence-corrected chi connectivity index (χ0v) is 14.3. The Labute approximate surface area is 148 Å². The molecule has 0 saturated carbocycles. The van der Waals surface area contributed by atoms with Gasteiger partial charge in [-0.1, -0.05) is 60.7 Å². The molecule has 25 heavy (non-hydrogen) atoms. The highest BCUT2D eigenvalue weighted by atomic mass is 16.5. The summed E-state index contributed by atoms with van der Waals surface area (Å²) in [6.07, 6.45) is 5.68. The summed E-state index contributed by atoms with van der Waals surface area (Å²) in [5, 5.41) is 6.15. The number of amides is 1. The maximum atomic E-state index is 11.6. The van der Waals surface area contributed by atoms with E-state index in [1.807, 2.05) is 30.3 Å². The second kappa shape index (κ2) is 9.04. The summed E-state index contributed by atoms with van der Waals surface area (Å²) in [6.45, 7) is 2.88. The number of hydrogen-bond donors (Lipinski definition) is 2. The van der Waals surface area contributed by atoms with Crippen molar-refractivity contribution in [2.75, 3.05) is 13.1 Å². The summed E-state index contributed by atoms with van der Waals surface area (Å²) < 4.78 is 5.18. The van der Waals surface area contributed by atoms with Gasteiger partial charge in [-0.25, -0.2) is 4.79 Å². The molecule has 0 unspecified atom stereocenters. The topological polar surface area (TPSA) is 50.4 Å². The van der Waals surface area contributed by atoms with Crippen molar-refractivity contribution in [1.29, 1.82) is 0 Å². The van der Waals surface area contributed by atoms with Crippen molar-refractivity contribution in [1.82, 2.24) is 10.6 Å². The van der Waals surface area contributed by atoms with Crippen molar-refractivity contribution >= 4 is 12.2 Å². The summed E-state index contributed by atoms with van der Waals surface area (Å²) in [5.74, 6) is 0. The average Bonchev–Trinajstić information content (AvgIpc) is 2.67. The Morgan fingerprint density at radius 3 is 2.92 bits per heavy atom. The molecule has 1 aliphatic heterocycles. The Kier molecular flexibility index (Phi) is 6.23. The fourth-order valence-electron chi connectivity index (χ4n) is 2.85. The lowest BCUT2D eigenvalue weighted by molar-refractivity contribution is 0.140. The van der Waals surface area contributed by atoms with Gasteiger partial charge in [0, 0.05) is 13.1 Å². The molecule has 130 valence electrons. The molecule has 0 aliphatic carbocycles. The summed E-state index contributed by atoms with van der Waals surface area (Å²) >= 11 is 0. The molecule has 4 nitrogen and oxygen atoms in total. The van der Waals surface area contributed by atoms with Gasteiger partial charge < -0.3 is 15.4 Å². The number of rotatable bonds is 6. The maximum Gasteiger partial charge on any atom is 0.407 e. The normalized spacial score (nSPS) is 13.4. The number of carbonyl (C=O) groups is 1. The number of fused-ring (bicyclic) bond motifs is 1. The number of hydrogen-bond acceptors (Lipinski definition) is 3. The van der Waals surface area contributed by atoms with Crippen molar-refractivity contribution in [3.05, 3.63) is 76.9 Å². The summed E-state index contributed by atoms with van der Waals surface area (Å²) in [6, 6.07) is 16.3. The van der Waals surface area contributed by atoms with Crippen LogP contribution in [0.3, 0.4) is 0 Å². The van der Waals surface area contributed by atoms with Gasteiger partial charge in [-0.05, 0) is 41.6 Å². The molecule has 0 saturated heterocycles. The number of carbonyl (C=O) groups excluding carboxylic acids is 1. The second-order valence-corrected chi connectivity index (χ2v) is 6.13. The fourth-order valence-corrected chi connectivity index (χ4v) is 2.85. The molecule has 1 aliphatic rings. The summed E-state index contributed by atoms with van der Waals surface area (Å²) in [5.41, 5.74) is 5.03. The maximum absolute atomic E-state index is 11.6. The van der Waals surface area contributed by atoms with Gasteiger partial charge in [0.1, 0.15) is 6.61 Å². The minimum absolute atomic E-state index is 0.298. The molecule has 2 aromatic rings. The molecular weight excluding hydrogens is 312 g/mol. The monoisotopic (exact) mass is 336 g/mol. The van der Waals surface area contributed by atoms with Gasteiger partial charge in [-0.2, -0.15) is 0 Å². The highest BCUT2D eigenvalue weighted by Crippen LogP contribution is 2.16. The minimum Gasteiger partial charge on any atom is -0.445 e. The minimum atomic E-state index is -0.376. The van der Waals surface area contributed by atoms with Crippen molar-refractivity contribution in [3.8, 4) is 0 Å². The predicted molar refractivity (Wildman–Crippen MR) is 100 cm³/mol. The van der Waals surface area contributed by atoms with E-state index >= 15 is 0 Å². The van der Waals surface area contributed by atoms with E-state index < -0.39 is 0 Å². The van der Waals surface area contributed by atoms with Crippen LogP contribution >= 0.6 is 0 Å². The Balaban J connectivity index is 1.36. The van der Waals surface area contributed by atoms with Crippen LogP contribution in [0.25, 0.3) is 6.08 Å². The lowest BCUT2D eigenvalue weighted by Crippen LogP contribution is -2.24. The Morgan fingerprint density at radius 2 is 2.04 bits per heavy atom. The van der Waals surface area contributed by atoms with Crippen LogP contribution in [0.4, 0.5) is 4.79 Å². The van der Waals surface area contributed by atoms with E-state index in [1.54, 1.807) is 0 Å². The molecule has 0 fully saturated rings. The fraction of sp³-hybridized carbons (Fsp3) is 0.286. The van der Waals surface area contributed by atoms with Crippen molar-refractivity contribution in [2.45, 2.75) is 26.0 Å². The number of nitrogens with one attached hydrogen (secondary N) is 2. The molecule has 0 atom stereocenters. The highest BCUT2D eigenvalue weighted by molar-refractivity contribution is 5.67. The van der Waals surface area contributed by atoms with E-state index in [0.717, 1.165) is 31.5 Å². The van der Waals surface area contributed by atoms with Crippen LogP contribution in [0.15, 0.2) is 54.6 Å². The number of benzene rings is 2. The second-order valence-electron chi connectivity index (χ2n) is 6.13. The van der Waals surface area contributed by atoms with E-state index in [2.05, 4.69) is 41.0 Å². The van der Waals surface area contributed by atoms with Crippen molar-refractivity contribution < 1.29 is 9.53 Å². The zero-order valence-electron chi connectivity index (χ0n) is 14.3. The van der Waals surface area contributed by atoms with Crippen LogP contribution < -0.4 is 10.6 Å². The third-order valence-electron chi connectivity index (χ3n) is 4.22. The lowest BCUT2D eigenvalue weighted by Gasteiger charge is -2.17. The van der Waals surface area contributed by atoms with Crippen LogP contribution in [0.5, 0.6) is 0 Å². The van der Waals surface area contributed by atoms with Gasteiger partial charge in [-0.3, -0.25) is 0 Å². The van der Waals surface area contributed by atoms with Gasteiger partial charge in [0.05, 0.1) is 0 Å². The van der Waals surface area contributed by atoms with E-state index in [9.17, 15) is 4.79 Å². The Bertz CT molecular complexity index is 726. The first-order chi connectivity index (χ1) is 12.3. The molecule has 0 radical (unpaired) electrons. The third-order valence-corrected chi connectivity index (χ3v) is 4.22. The quantitative estimate of drug-likeness (QED) is 0.792. The molecule has 0 aromatic heterocycles. The molecule has 3 rings (SSSR count). The van der Waals surface area contributed by atoms with Crippen LogP contribution in [-0.4, -0.2) is 19.2 Å². The van der Waals surface area contributed by atoms with Crippen molar-refractivity contribution in [2.24, 2.45) is 0 Å². The van der Waals surface area contributed by atoms with Gasteiger partial charge in [-0.15, -0.1) is 0 Å². The molecule has 0 spiro atoms. The number of alkyl carbamates (subject to hydrolysis) is 1. The molecular formula is C21H24N2O2. The van der Waals surface area contributed by atoms with E-state index in [0.29, 0.717) is 13.2 Å². The van der Waals surface area contributed by atoms with Gasteiger partial charge in [0.25, 0.3) is 0 Å². The van der Waals surface area contributed by atoms with Gasteiger partial charge in [0.2, 0.25) is 0 Å². The molecule has 1 heterocycles. The molecule has 2 aromatic carbocycles. The van der Waals surface area contributed by atoms with Crippen LogP contribution in [0, 0.1) is 0 Å². The average molecular weight is 336 g/mol. The SMILES string of the molecule is O=C(NCCC=Cc1ccc2c(c1)CCNC2)OCc1ccccc1. The Hall–Kier alpha value is -2.59. The van der Waals surface area contributed by atoms with Gasteiger partial charge >= 0.3 is 6.09 Å². The Morgan fingerprint density at radius 1 is 1.16 bits per heavy atom. The molecule has 4 heteroatoms. The van der Waals surface area contributed by atoms with E-state index in [4.69, 9.17) is 4.74 Å². The van der Waals surface area contributed by atoms with Crippen LogP contribution in [-0.2, 0) is 24.3 Å². The van der Waals surface area contributed by atoms with Crippen molar-refractivity contribution in [3.63, 3.8) is 0 Å². The molecule has 0 bridgehead atoms. The first-order valence-electron chi connectivity index (χ1n) is 8.75. The number of ether oxygens (including phenoxy) is 1. The van der Waals surface area contributed by atoms with Crippen LogP contribution in [0.2, 0.25) is 0 Å².